The number of fused-ring (bicyclic) bond motifs is 1. The first-order valence-electron chi connectivity index (χ1n) is 9.70. The van der Waals surface area contributed by atoms with Crippen LogP contribution in [0.4, 0.5) is 28.9 Å². The third kappa shape index (κ3) is 3.72. The van der Waals surface area contributed by atoms with Crippen LogP contribution < -0.4 is 10.2 Å². The van der Waals surface area contributed by atoms with E-state index in [-0.39, 0.29) is 29.2 Å². The van der Waals surface area contributed by atoms with Gasteiger partial charge in [0, 0.05) is 30.2 Å². The Morgan fingerprint density at radius 3 is 2.50 bits per heavy atom. The number of hydrogen-bond acceptors (Lipinski definition) is 3. The number of pyridine rings is 1. The Hall–Kier alpha value is -3.69. The van der Waals surface area contributed by atoms with E-state index in [4.69, 9.17) is 0 Å². The predicted molar refractivity (Wildman–Crippen MR) is 109 cm³/mol. The van der Waals surface area contributed by atoms with Gasteiger partial charge in [-0.25, -0.2) is 0 Å². The van der Waals surface area contributed by atoms with Crippen molar-refractivity contribution in [3.8, 4) is 0 Å². The summed E-state index contributed by atoms with van der Waals surface area (Å²) in [6, 6.07) is 7.83. The minimum absolute atomic E-state index is 0.0239. The molecule has 0 aliphatic carbocycles. The summed E-state index contributed by atoms with van der Waals surface area (Å²) in [5, 5.41) is 2.56. The summed E-state index contributed by atoms with van der Waals surface area (Å²) in [5.41, 5.74) is 0.0182. The number of benzene rings is 1. The van der Waals surface area contributed by atoms with Crippen molar-refractivity contribution in [1.29, 1.82) is 0 Å². The van der Waals surface area contributed by atoms with Gasteiger partial charge in [-0.2, -0.15) is 17.6 Å². The van der Waals surface area contributed by atoms with E-state index in [1.54, 1.807) is 26.0 Å². The number of aryl methyl sites for hydroxylation is 1. The fourth-order valence-corrected chi connectivity index (χ4v) is 3.76. The normalized spacial score (nSPS) is 16.1. The van der Waals surface area contributed by atoms with Gasteiger partial charge in [0.2, 0.25) is 0 Å². The van der Waals surface area contributed by atoms with Crippen LogP contribution in [0.2, 0.25) is 0 Å². The van der Waals surface area contributed by atoms with Crippen molar-refractivity contribution in [3.63, 3.8) is 0 Å². The predicted octanol–water partition coefficient (Wildman–Crippen LogP) is 4.82. The van der Waals surface area contributed by atoms with Crippen LogP contribution in [0.15, 0.2) is 48.7 Å². The first kappa shape index (κ1) is 21.5. The number of halogens is 4. The van der Waals surface area contributed by atoms with Gasteiger partial charge in [0.1, 0.15) is 5.69 Å². The van der Waals surface area contributed by atoms with Crippen molar-refractivity contribution in [1.82, 2.24) is 9.55 Å². The molecule has 0 saturated heterocycles. The Bertz CT molecular complexity index is 1200. The Labute approximate surface area is 180 Å². The molecule has 6 nitrogen and oxygen atoms in total. The van der Waals surface area contributed by atoms with Crippen LogP contribution in [0, 0.1) is 12.9 Å². The van der Waals surface area contributed by atoms with Crippen LogP contribution in [-0.4, -0.2) is 27.9 Å². The zero-order valence-corrected chi connectivity index (χ0v) is 17.1. The summed E-state index contributed by atoms with van der Waals surface area (Å²) in [7, 11) is 0. The zero-order chi connectivity index (χ0) is 23.2. The number of nitrogens with zero attached hydrogens (tertiary/aromatic N) is 3. The van der Waals surface area contributed by atoms with E-state index in [9.17, 15) is 27.2 Å². The highest BCUT2D eigenvalue weighted by atomic mass is 19.4. The molecule has 166 valence electrons. The largest absolute Gasteiger partial charge is 0.416 e. The SMILES string of the molecule is Cc1ncccc1C(=O)Nc1cc(F)n2c1C(=O)N(c1ccc(C(F)(F)F)cc1)C[C@@H]2C. The summed E-state index contributed by atoms with van der Waals surface area (Å²) in [6.07, 6.45) is -2.98. The summed E-state index contributed by atoms with van der Waals surface area (Å²) in [4.78, 5) is 31.2. The molecule has 3 heterocycles. The highest BCUT2D eigenvalue weighted by Crippen LogP contribution is 2.35. The molecule has 10 heteroatoms. The molecule has 2 amide bonds. The lowest BCUT2D eigenvalue weighted by molar-refractivity contribution is -0.137. The quantitative estimate of drug-likeness (QED) is 0.587. The summed E-state index contributed by atoms with van der Waals surface area (Å²) in [5.74, 6) is -1.90. The smallest absolute Gasteiger partial charge is 0.320 e. The van der Waals surface area contributed by atoms with E-state index >= 15 is 0 Å². The third-order valence-electron chi connectivity index (χ3n) is 5.33. The molecule has 1 N–H and O–H groups in total. The number of aromatic nitrogens is 2. The van der Waals surface area contributed by atoms with Crippen molar-refractivity contribution in [3.05, 3.63) is 77.1 Å². The zero-order valence-electron chi connectivity index (χ0n) is 17.1. The summed E-state index contributed by atoms with van der Waals surface area (Å²) >= 11 is 0. The lowest BCUT2D eigenvalue weighted by Crippen LogP contribution is -2.43. The molecular weight excluding hydrogens is 428 g/mol. The maximum atomic E-state index is 14.7. The van der Waals surface area contributed by atoms with Crippen molar-refractivity contribution in [2.45, 2.75) is 26.1 Å². The minimum atomic E-state index is -4.50. The topological polar surface area (TPSA) is 67.2 Å². The van der Waals surface area contributed by atoms with Crippen LogP contribution >= 0.6 is 0 Å². The summed E-state index contributed by atoms with van der Waals surface area (Å²) < 4.78 is 54.5. The molecule has 0 spiro atoms. The van der Waals surface area contributed by atoms with Gasteiger partial charge in [-0.15, -0.1) is 0 Å². The Morgan fingerprint density at radius 2 is 1.88 bits per heavy atom. The van der Waals surface area contributed by atoms with Crippen molar-refractivity contribution >= 4 is 23.2 Å². The fourth-order valence-electron chi connectivity index (χ4n) is 3.76. The Kier molecular flexibility index (Phi) is 5.23. The molecule has 1 aliphatic heterocycles. The first-order chi connectivity index (χ1) is 15.1. The molecule has 4 rings (SSSR count). The molecular formula is C22H18F4N4O2. The molecule has 0 unspecified atom stereocenters. The molecule has 0 saturated carbocycles. The average Bonchev–Trinajstić information content (AvgIpc) is 3.07. The molecule has 1 aromatic carbocycles. The first-order valence-corrected chi connectivity index (χ1v) is 9.70. The Balaban J connectivity index is 1.69. The van der Waals surface area contributed by atoms with E-state index in [2.05, 4.69) is 10.3 Å². The second kappa shape index (κ2) is 7.77. The van der Waals surface area contributed by atoms with Gasteiger partial charge in [0.05, 0.1) is 22.9 Å². The molecule has 3 aromatic rings. The maximum Gasteiger partial charge on any atom is 0.416 e. The minimum Gasteiger partial charge on any atom is -0.320 e. The monoisotopic (exact) mass is 446 g/mol. The number of rotatable bonds is 3. The highest BCUT2D eigenvalue weighted by molar-refractivity contribution is 6.13. The van der Waals surface area contributed by atoms with Gasteiger partial charge in [-0.05, 0) is 50.2 Å². The van der Waals surface area contributed by atoms with Crippen LogP contribution in [-0.2, 0) is 6.18 Å². The Morgan fingerprint density at radius 1 is 1.19 bits per heavy atom. The molecule has 2 aromatic heterocycles. The number of nitrogens with one attached hydrogen (secondary N) is 1. The van der Waals surface area contributed by atoms with E-state index in [1.165, 1.54) is 27.8 Å². The standard InChI is InChI=1S/C22H18F4N4O2/c1-12-11-29(15-7-5-14(6-8-15)22(24,25)26)21(32)19-17(10-18(23)30(12)19)28-20(31)16-4-3-9-27-13(16)2/h3-10,12H,11H2,1-2H3,(H,28,31)/t12-/m0/s1. The molecule has 0 bridgehead atoms. The lowest BCUT2D eigenvalue weighted by Gasteiger charge is -2.33. The van der Waals surface area contributed by atoms with Crippen molar-refractivity contribution < 1.29 is 27.2 Å². The molecule has 0 radical (unpaired) electrons. The van der Waals surface area contributed by atoms with Crippen LogP contribution in [0.5, 0.6) is 0 Å². The van der Waals surface area contributed by atoms with Crippen LogP contribution in [0.3, 0.4) is 0 Å². The molecule has 0 fully saturated rings. The van der Waals surface area contributed by atoms with Crippen LogP contribution in [0.1, 0.15) is 45.1 Å². The van der Waals surface area contributed by atoms with Crippen molar-refractivity contribution in [2.24, 2.45) is 0 Å². The van der Waals surface area contributed by atoms with Gasteiger partial charge in [-0.1, -0.05) is 0 Å². The molecule has 32 heavy (non-hydrogen) atoms. The third-order valence-corrected chi connectivity index (χ3v) is 5.33. The highest BCUT2D eigenvalue weighted by Gasteiger charge is 2.36. The number of carbonyl (C=O) groups excluding carboxylic acids is 2. The van der Waals surface area contributed by atoms with E-state index < -0.39 is 35.5 Å². The number of carbonyl (C=O) groups is 2. The maximum absolute atomic E-state index is 14.7. The number of alkyl halides is 3. The fraction of sp³-hybridized carbons (Fsp3) is 0.227. The van der Waals surface area contributed by atoms with E-state index in [1.807, 2.05) is 0 Å². The second-order valence-electron chi connectivity index (χ2n) is 7.50. The molecule has 1 atom stereocenters. The second-order valence-corrected chi connectivity index (χ2v) is 7.50. The van der Waals surface area contributed by atoms with E-state index in [0.29, 0.717) is 5.69 Å². The summed E-state index contributed by atoms with van der Waals surface area (Å²) in [6.45, 7) is 3.37. The number of amides is 2. The van der Waals surface area contributed by atoms with Crippen LogP contribution in [0.25, 0.3) is 0 Å². The number of anilines is 2. The average molecular weight is 446 g/mol. The van der Waals surface area contributed by atoms with Gasteiger partial charge in [0.15, 0.2) is 5.95 Å². The molecule has 1 aliphatic rings. The van der Waals surface area contributed by atoms with Gasteiger partial charge < -0.3 is 14.8 Å². The lowest BCUT2D eigenvalue weighted by atomic mass is 10.1. The van der Waals surface area contributed by atoms with Gasteiger partial charge >= 0.3 is 6.18 Å². The van der Waals surface area contributed by atoms with Crippen molar-refractivity contribution in [2.75, 3.05) is 16.8 Å². The van der Waals surface area contributed by atoms with Gasteiger partial charge in [-0.3, -0.25) is 14.6 Å². The number of hydrogen-bond donors (Lipinski definition) is 1. The van der Waals surface area contributed by atoms with E-state index in [0.717, 1.165) is 18.2 Å². The van der Waals surface area contributed by atoms with Gasteiger partial charge in [0.25, 0.3) is 11.8 Å².